The first-order valence-corrected chi connectivity index (χ1v) is 7.11. The number of aromatic nitrogens is 1. The van der Waals surface area contributed by atoms with Crippen molar-refractivity contribution < 1.29 is 4.79 Å². The van der Waals surface area contributed by atoms with E-state index in [4.69, 9.17) is 0 Å². The molecule has 0 aliphatic heterocycles. The van der Waals surface area contributed by atoms with Gasteiger partial charge in [0, 0.05) is 12.4 Å². The molecule has 0 atom stereocenters. The molecule has 2 aromatic rings. The van der Waals surface area contributed by atoms with Crippen molar-refractivity contribution >= 4 is 42.9 Å². The van der Waals surface area contributed by atoms with Crippen molar-refractivity contribution in [1.82, 2.24) is 4.40 Å². The van der Waals surface area contributed by atoms with Crippen LogP contribution in [0.15, 0.2) is 36.7 Å². The van der Waals surface area contributed by atoms with Crippen LogP contribution in [0.5, 0.6) is 0 Å². The number of hydrogen-bond donors (Lipinski definition) is 1. The molecule has 0 aliphatic rings. The van der Waals surface area contributed by atoms with Crippen LogP contribution in [-0.2, 0) is 0 Å². The third-order valence-electron chi connectivity index (χ3n) is 1.90. The van der Waals surface area contributed by atoms with Crippen LogP contribution < -0.4 is 0 Å². The van der Waals surface area contributed by atoms with Crippen LogP contribution in [0.25, 0.3) is 5.52 Å². The zero-order valence-corrected chi connectivity index (χ0v) is 9.61. The van der Waals surface area contributed by atoms with Gasteiger partial charge < -0.3 is 4.40 Å². The van der Waals surface area contributed by atoms with Crippen LogP contribution >= 0.6 is 32.3 Å². The first kappa shape index (κ1) is 10.0. The second-order valence-corrected chi connectivity index (χ2v) is 5.64. The normalized spacial score (nSPS) is 10.6. The van der Waals surface area contributed by atoms with Crippen molar-refractivity contribution in [2.75, 3.05) is 0 Å². The van der Waals surface area contributed by atoms with Gasteiger partial charge in [0.25, 0.3) is 0 Å². The Morgan fingerprint density at radius 2 is 2.14 bits per heavy atom. The molecule has 2 rings (SSSR count). The van der Waals surface area contributed by atoms with Crippen LogP contribution in [0, 0.1) is 0 Å². The lowest BCUT2D eigenvalue weighted by Crippen LogP contribution is -1.90. The van der Waals surface area contributed by atoms with E-state index < -0.39 is 0 Å². The standard InChI is InChI=1S/C9H7NOS3/c11-9(13-14-12)7-4-6-10-5-2-1-3-8(7)10/h1-6,12H. The molecule has 0 saturated heterocycles. The summed E-state index contributed by atoms with van der Waals surface area (Å²) in [5.74, 6) is 0. The predicted molar refractivity (Wildman–Crippen MR) is 65.9 cm³/mol. The lowest BCUT2D eigenvalue weighted by Gasteiger charge is -1.96. The number of nitrogens with zero attached hydrogens (tertiary/aromatic N) is 1. The van der Waals surface area contributed by atoms with Gasteiger partial charge in [-0.15, -0.1) is 0 Å². The molecule has 0 saturated carbocycles. The second kappa shape index (κ2) is 4.33. The van der Waals surface area contributed by atoms with Crippen LogP contribution in [0.2, 0.25) is 0 Å². The minimum Gasteiger partial charge on any atom is -0.323 e. The SMILES string of the molecule is O=C(SSS)c1ccn2ccccc12. The molecule has 2 heterocycles. The van der Waals surface area contributed by atoms with Gasteiger partial charge in [0.1, 0.15) is 0 Å². The molecule has 0 spiro atoms. The molecule has 14 heavy (non-hydrogen) atoms. The molecule has 72 valence electrons. The Morgan fingerprint density at radius 1 is 1.29 bits per heavy atom. The van der Waals surface area contributed by atoms with Gasteiger partial charge in [0.2, 0.25) is 5.12 Å². The molecule has 0 aromatic carbocycles. The van der Waals surface area contributed by atoms with Crippen molar-refractivity contribution in [3.63, 3.8) is 0 Å². The molecule has 2 nitrogen and oxygen atoms in total. The summed E-state index contributed by atoms with van der Waals surface area (Å²) in [7, 11) is 2.30. The van der Waals surface area contributed by atoms with Gasteiger partial charge in [-0.3, -0.25) is 4.79 Å². The first-order valence-electron chi connectivity index (χ1n) is 3.91. The van der Waals surface area contributed by atoms with E-state index in [0.29, 0.717) is 0 Å². The van der Waals surface area contributed by atoms with Crippen molar-refractivity contribution in [1.29, 1.82) is 0 Å². The largest absolute Gasteiger partial charge is 0.323 e. The Labute approximate surface area is 94.3 Å². The summed E-state index contributed by atoms with van der Waals surface area (Å²) in [5.41, 5.74) is 1.67. The smallest absolute Gasteiger partial charge is 0.232 e. The van der Waals surface area contributed by atoms with E-state index >= 15 is 0 Å². The molecule has 5 heteroatoms. The zero-order valence-electron chi connectivity index (χ0n) is 7.08. The molecule has 2 aromatic heterocycles. The third-order valence-corrected chi connectivity index (χ3v) is 3.70. The molecule has 0 amide bonds. The zero-order chi connectivity index (χ0) is 9.97. The van der Waals surface area contributed by atoms with E-state index in [1.807, 2.05) is 41.1 Å². The van der Waals surface area contributed by atoms with Gasteiger partial charge >= 0.3 is 0 Å². The van der Waals surface area contributed by atoms with Crippen LogP contribution in [0.4, 0.5) is 0 Å². The topological polar surface area (TPSA) is 21.5 Å². The molecular formula is C9H7NOS3. The van der Waals surface area contributed by atoms with Crippen molar-refractivity contribution in [3.8, 4) is 0 Å². The maximum absolute atomic E-state index is 11.6. The average Bonchev–Trinajstić information content (AvgIpc) is 2.61. The van der Waals surface area contributed by atoms with Gasteiger partial charge in [-0.2, -0.15) is 0 Å². The number of carbonyl (C=O) groups is 1. The Kier molecular flexibility index (Phi) is 3.10. The molecule has 0 aliphatic carbocycles. The fourth-order valence-corrected chi connectivity index (χ4v) is 2.72. The van der Waals surface area contributed by atoms with E-state index in [1.165, 1.54) is 9.83 Å². The van der Waals surface area contributed by atoms with Gasteiger partial charge in [-0.1, -0.05) is 17.7 Å². The van der Waals surface area contributed by atoms with E-state index in [0.717, 1.165) is 21.9 Å². The maximum atomic E-state index is 11.6. The average molecular weight is 241 g/mol. The summed E-state index contributed by atoms with van der Waals surface area (Å²) in [5, 5.41) is 0.0405. The number of pyridine rings is 1. The van der Waals surface area contributed by atoms with Crippen LogP contribution in [0.3, 0.4) is 0 Å². The molecule has 0 radical (unpaired) electrons. The minimum atomic E-state index is 0.0405. The van der Waals surface area contributed by atoms with Crippen molar-refractivity contribution in [2.45, 2.75) is 0 Å². The van der Waals surface area contributed by atoms with Crippen LogP contribution in [-0.4, -0.2) is 9.52 Å². The summed E-state index contributed by atoms with van der Waals surface area (Å²) < 4.78 is 1.93. The highest BCUT2D eigenvalue weighted by atomic mass is 33.5. The number of rotatable bonds is 2. The Hall–Kier alpha value is -0.520. The molecule has 0 bridgehead atoms. The van der Waals surface area contributed by atoms with E-state index in [1.54, 1.807) is 0 Å². The summed E-state index contributed by atoms with van der Waals surface area (Å²) in [4.78, 5) is 11.6. The van der Waals surface area contributed by atoms with E-state index in [2.05, 4.69) is 11.7 Å². The van der Waals surface area contributed by atoms with Crippen molar-refractivity contribution in [2.24, 2.45) is 0 Å². The van der Waals surface area contributed by atoms with Crippen LogP contribution in [0.1, 0.15) is 10.4 Å². The minimum absolute atomic E-state index is 0.0405. The predicted octanol–water partition coefficient (Wildman–Crippen LogP) is 3.31. The monoisotopic (exact) mass is 241 g/mol. The van der Waals surface area contributed by atoms with Gasteiger partial charge in [0.15, 0.2) is 0 Å². The second-order valence-electron chi connectivity index (χ2n) is 2.67. The highest BCUT2D eigenvalue weighted by Gasteiger charge is 2.10. The first-order chi connectivity index (χ1) is 6.83. The maximum Gasteiger partial charge on any atom is 0.232 e. The summed E-state index contributed by atoms with van der Waals surface area (Å²) in [6.45, 7) is 0. The molecule has 0 fully saturated rings. The fraction of sp³-hybridized carbons (Fsp3) is 0. The number of fused-ring (bicyclic) bond motifs is 1. The highest BCUT2D eigenvalue weighted by molar-refractivity contribution is 9.08. The number of hydrogen-bond acceptors (Lipinski definition) is 4. The molecular weight excluding hydrogens is 234 g/mol. The van der Waals surface area contributed by atoms with E-state index in [9.17, 15) is 4.79 Å². The Balaban J connectivity index is 2.47. The Bertz CT molecular complexity index is 466. The molecule has 0 unspecified atom stereocenters. The number of thiol groups is 1. The van der Waals surface area contributed by atoms with Gasteiger partial charge in [-0.25, -0.2) is 0 Å². The van der Waals surface area contributed by atoms with Gasteiger partial charge in [-0.05, 0) is 38.8 Å². The number of carbonyl (C=O) groups excluding carboxylic acids is 1. The lowest BCUT2D eigenvalue weighted by molar-refractivity contribution is 0.109. The lowest BCUT2D eigenvalue weighted by atomic mass is 10.3. The highest BCUT2D eigenvalue weighted by Crippen LogP contribution is 2.30. The summed E-state index contributed by atoms with van der Waals surface area (Å²) in [6.07, 6.45) is 3.80. The quantitative estimate of drug-likeness (QED) is 0.644. The summed E-state index contributed by atoms with van der Waals surface area (Å²) >= 11 is 3.94. The van der Waals surface area contributed by atoms with E-state index in [-0.39, 0.29) is 5.12 Å². The van der Waals surface area contributed by atoms with Gasteiger partial charge in [0.05, 0.1) is 11.1 Å². The Morgan fingerprint density at radius 3 is 2.93 bits per heavy atom. The van der Waals surface area contributed by atoms with Crippen molar-refractivity contribution in [3.05, 3.63) is 42.2 Å². The fourth-order valence-electron chi connectivity index (χ4n) is 1.31. The summed E-state index contributed by atoms with van der Waals surface area (Å²) in [6, 6.07) is 7.61. The third kappa shape index (κ3) is 1.80. The molecule has 0 N–H and O–H groups in total.